The molecule has 6 nitrogen and oxygen atoms in total. The van der Waals surface area contributed by atoms with Gasteiger partial charge in [0.2, 0.25) is 0 Å². The average Bonchev–Trinajstić information content (AvgIpc) is 2.46. The molecule has 1 fully saturated rings. The number of esters is 1. The largest absolute Gasteiger partial charge is 0.496 e. The molecule has 0 bridgehead atoms. The maximum atomic E-state index is 14.2. The highest BCUT2D eigenvalue weighted by molar-refractivity contribution is 6.61. The lowest BCUT2D eigenvalue weighted by Gasteiger charge is -2.20. The van der Waals surface area contributed by atoms with E-state index in [1.807, 2.05) is 0 Å². The van der Waals surface area contributed by atoms with Gasteiger partial charge in [-0.2, -0.15) is 0 Å². The van der Waals surface area contributed by atoms with E-state index in [4.69, 9.17) is 14.0 Å². The maximum absolute atomic E-state index is 14.2. The van der Waals surface area contributed by atoms with Gasteiger partial charge in [-0.3, -0.25) is 0 Å². The summed E-state index contributed by atoms with van der Waals surface area (Å²) in [4.78, 5) is 11.7. The van der Waals surface area contributed by atoms with Crippen LogP contribution in [0.15, 0.2) is 12.1 Å². The Morgan fingerprint density at radius 2 is 1.95 bits per heavy atom. The molecule has 0 amide bonds. The van der Waals surface area contributed by atoms with Crippen molar-refractivity contribution >= 4 is 18.6 Å². The van der Waals surface area contributed by atoms with Crippen molar-refractivity contribution in [2.75, 3.05) is 40.5 Å². The summed E-state index contributed by atoms with van der Waals surface area (Å²) in [6, 6.07) is 2.48. The summed E-state index contributed by atoms with van der Waals surface area (Å²) >= 11 is 0. The molecule has 114 valence electrons. The third-order valence-corrected chi connectivity index (χ3v) is 3.07. The number of carbonyl (C=O) groups is 1. The molecule has 1 aliphatic heterocycles. The zero-order chi connectivity index (χ0) is 15.2. The Balaban J connectivity index is 2.35. The Hall–Kier alpha value is -1.64. The van der Waals surface area contributed by atoms with E-state index in [0.717, 1.165) is 6.07 Å². The minimum Gasteiger partial charge on any atom is -0.496 e. The fourth-order valence-corrected chi connectivity index (χ4v) is 2.02. The molecule has 1 aliphatic rings. The van der Waals surface area contributed by atoms with Gasteiger partial charge in [-0.05, 0) is 6.07 Å². The van der Waals surface area contributed by atoms with Crippen LogP contribution >= 0.6 is 0 Å². The molecule has 0 saturated carbocycles. The predicted octanol–water partition coefficient (Wildman–Crippen LogP) is -0.0475. The molecule has 8 heteroatoms. The summed E-state index contributed by atoms with van der Waals surface area (Å²) in [5.74, 6) is -1.06. The number of rotatable bonds is 3. The number of hydrogen-bond acceptors (Lipinski definition) is 6. The van der Waals surface area contributed by atoms with Gasteiger partial charge in [-0.1, -0.05) is 0 Å². The SMILES string of the molecule is COC(=O)c1cc(B2OCCNCCO2)c(F)cc1OC. The Labute approximate surface area is 122 Å². The third-order valence-electron chi connectivity index (χ3n) is 3.07. The van der Waals surface area contributed by atoms with Gasteiger partial charge in [0, 0.05) is 37.8 Å². The van der Waals surface area contributed by atoms with Crippen molar-refractivity contribution in [2.24, 2.45) is 0 Å². The molecule has 2 rings (SSSR count). The average molecular weight is 297 g/mol. The van der Waals surface area contributed by atoms with Crippen molar-refractivity contribution in [1.29, 1.82) is 0 Å². The van der Waals surface area contributed by atoms with Crippen molar-refractivity contribution in [3.05, 3.63) is 23.5 Å². The summed E-state index contributed by atoms with van der Waals surface area (Å²) in [5.41, 5.74) is 0.280. The lowest BCUT2D eigenvalue weighted by Crippen LogP contribution is -2.44. The number of methoxy groups -OCH3 is 2. The second-order valence-corrected chi connectivity index (χ2v) is 4.39. The Morgan fingerprint density at radius 3 is 2.52 bits per heavy atom. The van der Waals surface area contributed by atoms with Crippen LogP contribution in [-0.4, -0.2) is 53.6 Å². The Morgan fingerprint density at radius 1 is 1.29 bits per heavy atom. The van der Waals surface area contributed by atoms with Crippen molar-refractivity contribution in [2.45, 2.75) is 0 Å². The minimum absolute atomic E-state index is 0.107. The lowest BCUT2D eigenvalue weighted by molar-refractivity contribution is 0.0597. The van der Waals surface area contributed by atoms with Gasteiger partial charge < -0.3 is 24.1 Å². The topological polar surface area (TPSA) is 66.0 Å². The lowest BCUT2D eigenvalue weighted by atomic mass is 9.77. The third kappa shape index (κ3) is 3.72. The molecule has 1 N–H and O–H groups in total. The van der Waals surface area contributed by atoms with E-state index in [0.29, 0.717) is 26.3 Å². The van der Waals surface area contributed by atoms with Crippen molar-refractivity contribution in [1.82, 2.24) is 5.32 Å². The zero-order valence-electron chi connectivity index (χ0n) is 12.0. The molecule has 1 aromatic carbocycles. The van der Waals surface area contributed by atoms with Gasteiger partial charge >= 0.3 is 13.1 Å². The molecule has 1 saturated heterocycles. The van der Waals surface area contributed by atoms with Crippen LogP contribution in [0.5, 0.6) is 5.75 Å². The molecular formula is C13H17BFNO5. The van der Waals surface area contributed by atoms with Crippen LogP contribution in [-0.2, 0) is 14.0 Å². The van der Waals surface area contributed by atoms with E-state index in [-0.39, 0.29) is 16.8 Å². The highest BCUT2D eigenvalue weighted by Gasteiger charge is 2.29. The van der Waals surface area contributed by atoms with E-state index in [9.17, 15) is 9.18 Å². The van der Waals surface area contributed by atoms with Gasteiger partial charge in [0.05, 0.1) is 14.2 Å². The van der Waals surface area contributed by atoms with Crippen LogP contribution in [0.2, 0.25) is 0 Å². The molecule has 0 aromatic heterocycles. The van der Waals surface area contributed by atoms with E-state index < -0.39 is 18.9 Å². The number of halogens is 1. The first-order chi connectivity index (χ1) is 10.2. The molecule has 0 radical (unpaired) electrons. The van der Waals surface area contributed by atoms with Crippen LogP contribution in [0.1, 0.15) is 10.4 Å². The normalized spacial score (nSPS) is 16.0. The number of hydrogen-bond donors (Lipinski definition) is 1. The summed E-state index contributed by atoms with van der Waals surface area (Å²) in [7, 11) is 1.75. The number of carbonyl (C=O) groups excluding carboxylic acids is 1. The van der Waals surface area contributed by atoms with Gasteiger partial charge in [0.25, 0.3) is 0 Å². The Bertz CT molecular complexity index is 506. The number of benzene rings is 1. The van der Waals surface area contributed by atoms with Gasteiger partial charge in [0.1, 0.15) is 17.1 Å². The van der Waals surface area contributed by atoms with Crippen LogP contribution in [0.25, 0.3) is 0 Å². The smallest absolute Gasteiger partial charge is 0.496 e. The van der Waals surface area contributed by atoms with Crippen LogP contribution in [0.4, 0.5) is 4.39 Å². The molecule has 21 heavy (non-hydrogen) atoms. The van der Waals surface area contributed by atoms with Gasteiger partial charge in [-0.25, -0.2) is 9.18 Å². The second kappa shape index (κ2) is 7.40. The first-order valence-corrected chi connectivity index (χ1v) is 6.57. The molecule has 1 aromatic rings. The predicted molar refractivity (Wildman–Crippen MR) is 74.5 cm³/mol. The highest BCUT2D eigenvalue weighted by atomic mass is 19.1. The maximum Gasteiger partial charge on any atom is 0.496 e. The number of nitrogens with one attached hydrogen (secondary N) is 1. The number of ether oxygens (including phenoxy) is 2. The van der Waals surface area contributed by atoms with Crippen molar-refractivity contribution < 1.29 is 28.0 Å². The Kier molecular flexibility index (Phi) is 5.55. The van der Waals surface area contributed by atoms with Crippen molar-refractivity contribution in [3.63, 3.8) is 0 Å². The van der Waals surface area contributed by atoms with Crippen molar-refractivity contribution in [3.8, 4) is 5.75 Å². The minimum atomic E-state index is -0.860. The molecule has 0 unspecified atom stereocenters. The second-order valence-electron chi connectivity index (χ2n) is 4.39. The van der Waals surface area contributed by atoms with Crippen LogP contribution in [0, 0.1) is 5.82 Å². The van der Waals surface area contributed by atoms with Gasteiger partial charge in [-0.15, -0.1) is 0 Å². The zero-order valence-corrected chi connectivity index (χ0v) is 12.0. The van der Waals surface area contributed by atoms with E-state index in [2.05, 4.69) is 10.1 Å². The first-order valence-electron chi connectivity index (χ1n) is 6.57. The highest BCUT2D eigenvalue weighted by Crippen LogP contribution is 2.20. The standard InChI is InChI=1S/C13H17BFNO5/c1-18-12-8-11(15)10(7-9(12)13(17)19-2)14-20-5-3-16-4-6-21-14/h7-8,16H,3-6H2,1-2H3. The molecule has 1 heterocycles. The van der Waals surface area contributed by atoms with E-state index >= 15 is 0 Å². The summed E-state index contributed by atoms with van der Waals surface area (Å²) < 4.78 is 34.8. The first kappa shape index (κ1) is 15.7. The molecule has 0 spiro atoms. The summed E-state index contributed by atoms with van der Waals surface area (Å²) in [6.07, 6.45) is 0. The summed E-state index contributed by atoms with van der Waals surface area (Å²) in [6.45, 7) is 2.07. The fourth-order valence-electron chi connectivity index (χ4n) is 2.02. The van der Waals surface area contributed by atoms with E-state index in [1.165, 1.54) is 20.3 Å². The van der Waals surface area contributed by atoms with E-state index in [1.54, 1.807) is 0 Å². The molecule has 0 aliphatic carbocycles. The summed E-state index contributed by atoms with van der Waals surface area (Å²) in [5, 5.41) is 3.09. The molecular weight excluding hydrogens is 280 g/mol. The van der Waals surface area contributed by atoms with Gasteiger partial charge in [0.15, 0.2) is 0 Å². The monoisotopic (exact) mass is 297 g/mol. The quantitative estimate of drug-likeness (QED) is 0.623. The fraction of sp³-hybridized carbons (Fsp3) is 0.462. The molecule has 0 atom stereocenters. The van der Waals surface area contributed by atoms with Crippen LogP contribution in [0.3, 0.4) is 0 Å². The van der Waals surface area contributed by atoms with Crippen LogP contribution < -0.4 is 15.5 Å².